The summed E-state index contributed by atoms with van der Waals surface area (Å²) in [6.45, 7) is 1.93. The number of hydrogen-bond acceptors (Lipinski definition) is 4. The number of amides is 1. The van der Waals surface area contributed by atoms with E-state index in [4.69, 9.17) is 9.47 Å². The maximum atomic E-state index is 12.0. The molecule has 0 aromatic heterocycles. The lowest BCUT2D eigenvalue weighted by atomic mass is 10.1. The smallest absolute Gasteiger partial charge is 0.220 e. The highest BCUT2D eigenvalue weighted by molar-refractivity contribution is 5.85. The van der Waals surface area contributed by atoms with Crippen LogP contribution in [0.25, 0.3) is 0 Å². The van der Waals surface area contributed by atoms with E-state index in [2.05, 4.69) is 10.6 Å². The maximum Gasteiger partial charge on any atom is 0.220 e. The fraction of sp³-hybridized carbons (Fsp3) is 0.562. The van der Waals surface area contributed by atoms with Crippen molar-refractivity contribution in [1.82, 2.24) is 10.6 Å². The quantitative estimate of drug-likeness (QED) is 0.837. The van der Waals surface area contributed by atoms with Crippen LogP contribution in [0, 0.1) is 0 Å². The van der Waals surface area contributed by atoms with Crippen molar-refractivity contribution < 1.29 is 14.3 Å². The predicted octanol–water partition coefficient (Wildman–Crippen LogP) is 1.93. The molecule has 1 aliphatic rings. The molecule has 1 aromatic carbocycles. The Morgan fingerprint density at radius 2 is 1.95 bits per heavy atom. The van der Waals surface area contributed by atoms with Crippen molar-refractivity contribution in [3.05, 3.63) is 23.8 Å². The number of piperidine rings is 1. The van der Waals surface area contributed by atoms with Crippen LogP contribution >= 0.6 is 12.4 Å². The average molecular weight is 329 g/mol. The van der Waals surface area contributed by atoms with Gasteiger partial charge in [0.25, 0.3) is 0 Å². The highest BCUT2D eigenvalue weighted by Gasteiger charge is 2.15. The molecule has 2 rings (SSSR count). The minimum atomic E-state index is 0. The van der Waals surface area contributed by atoms with E-state index in [1.165, 1.54) is 0 Å². The number of ether oxygens (including phenoxy) is 2. The third-order valence-electron chi connectivity index (χ3n) is 3.71. The second-order valence-electron chi connectivity index (χ2n) is 5.33. The van der Waals surface area contributed by atoms with Crippen molar-refractivity contribution in [1.29, 1.82) is 0 Å². The fourth-order valence-electron chi connectivity index (χ4n) is 2.54. The third-order valence-corrected chi connectivity index (χ3v) is 3.71. The molecule has 1 amide bonds. The van der Waals surface area contributed by atoms with Gasteiger partial charge < -0.3 is 20.1 Å². The van der Waals surface area contributed by atoms with Gasteiger partial charge in [0.05, 0.1) is 14.2 Å². The number of hydrogen-bond donors (Lipinski definition) is 2. The number of methoxy groups -OCH3 is 2. The van der Waals surface area contributed by atoms with E-state index in [9.17, 15) is 4.79 Å². The Hall–Kier alpha value is -1.46. The number of benzene rings is 1. The minimum absolute atomic E-state index is 0. The Balaban J connectivity index is 0.00000242. The van der Waals surface area contributed by atoms with Gasteiger partial charge in [0.15, 0.2) is 0 Å². The lowest BCUT2D eigenvalue weighted by Gasteiger charge is -2.23. The molecule has 124 valence electrons. The standard InChI is InChI=1S/C16H24N2O3.ClH/c1-20-14-8-12(9-15(10-14)21-2)5-6-16(19)18-13-4-3-7-17-11-13;/h8-10,13,17H,3-7,11H2,1-2H3,(H,18,19);1H. The first-order chi connectivity index (χ1) is 10.2. The molecule has 5 nitrogen and oxygen atoms in total. The largest absolute Gasteiger partial charge is 0.497 e. The number of nitrogens with one attached hydrogen (secondary N) is 2. The zero-order chi connectivity index (χ0) is 15.1. The van der Waals surface area contributed by atoms with Crippen LogP contribution in [-0.2, 0) is 11.2 Å². The Morgan fingerprint density at radius 1 is 1.27 bits per heavy atom. The summed E-state index contributed by atoms with van der Waals surface area (Å²) >= 11 is 0. The van der Waals surface area contributed by atoms with Gasteiger partial charge in [-0.25, -0.2) is 0 Å². The van der Waals surface area contributed by atoms with E-state index >= 15 is 0 Å². The predicted molar refractivity (Wildman–Crippen MR) is 89.1 cm³/mol. The van der Waals surface area contributed by atoms with Gasteiger partial charge in [-0.15, -0.1) is 12.4 Å². The van der Waals surface area contributed by atoms with Crippen molar-refractivity contribution in [3.8, 4) is 11.5 Å². The third kappa shape index (κ3) is 5.73. The van der Waals surface area contributed by atoms with E-state index in [1.54, 1.807) is 14.2 Å². The molecule has 0 bridgehead atoms. The molecule has 0 aliphatic carbocycles. The van der Waals surface area contributed by atoms with Crippen LogP contribution in [-0.4, -0.2) is 39.3 Å². The lowest BCUT2D eigenvalue weighted by molar-refractivity contribution is -0.121. The van der Waals surface area contributed by atoms with Crippen molar-refractivity contribution >= 4 is 18.3 Å². The number of carbonyl (C=O) groups excluding carboxylic acids is 1. The Kier molecular flexibility index (Phi) is 8.06. The van der Waals surface area contributed by atoms with Crippen LogP contribution in [0.5, 0.6) is 11.5 Å². The summed E-state index contributed by atoms with van der Waals surface area (Å²) in [7, 11) is 3.25. The van der Waals surface area contributed by atoms with Crippen LogP contribution in [0.4, 0.5) is 0 Å². The topological polar surface area (TPSA) is 59.6 Å². The lowest BCUT2D eigenvalue weighted by Crippen LogP contribution is -2.45. The summed E-state index contributed by atoms with van der Waals surface area (Å²) in [5.41, 5.74) is 1.04. The van der Waals surface area contributed by atoms with Gasteiger partial charge in [0, 0.05) is 25.1 Å². The molecular formula is C16H25ClN2O3. The number of rotatable bonds is 6. The number of aryl methyl sites for hydroxylation is 1. The molecule has 0 radical (unpaired) electrons. The minimum Gasteiger partial charge on any atom is -0.497 e. The van der Waals surface area contributed by atoms with Gasteiger partial charge in [-0.2, -0.15) is 0 Å². The van der Waals surface area contributed by atoms with Crippen molar-refractivity contribution in [2.24, 2.45) is 0 Å². The summed E-state index contributed by atoms with van der Waals surface area (Å²) in [5, 5.41) is 6.38. The molecule has 2 N–H and O–H groups in total. The highest BCUT2D eigenvalue weighted by atomic mass is 35.5. The molecule has 6 heteroatoms. The second kappa shape index (κ2) is 9.54. The molecule has 0 spiro atoms. The van der Waals surface area contributed by atoms with Crippen molar-refractivity contribution in [3.63, 3.8) is 0 Å². The van der Waals surface area contributed by atoms with Gasteiger partial charge in [-0.1, -0.05) is 0 Å². The van der Waals surface area contributed by atoms with E-state index < -0.39 is 0 Å². The summed E-state index contributed by atoms with van der Waals surface area (Å²) < 4.78 is 10.5. The number of halogens is 1. The van der Waals surface area contributed by atoms with Gasteiger partial charge in [0.1, 0.15) is 11.5 Å². The first-order valence-corrected chi connectivity index (χ1v) is 7.43. The zero-order valence-corrected chi connectivity index (χ0v) is 14.0. The first kappa shape index (κ1) is 18.6. The maximum absolute atomic E-state index is 12.0. The van der Waals surface area contributed by atoms with Gasteiger partial charge in [0.2, 0.25) is 5.91 Å². The van der Waals surface area contributed by atoms with E-state index in [-0.39, 0.29) is 24.4 Å². The van der Waals surface area contributed by atoms with Crippen LogP contribution in [0.2, 0.25) is 0 Å². The SMILES string of the molecule is COc1cc(CCC(=O)NC2CCCNC2)cc(OC)c1.Cl. The normalized spacial score (nSPS) is 17.3. The number of carbonyl (C=O) groups is 1. The molecule has 1 atom stereocenters. The van der Waals surface area contributed by atoms with E-state index in [0.717, 1.165) is 43.0 Å². The van der Waals surface area contributed by atoms with Crippen LogP contribution in [0.3, 0.4) is 0 Å². The van der Waals surface area contributed by atoms with Gasteiger partial charge >= 0.3 is 0 Å². The van der Waals surface area contributed by atoms with Crippen LogP contribution in [0.15, 0.2) is 18.2 Å². The van der Waals surface area contributed by atoms with Crippen LogP contribution < -0.4 is 20.1 Å². The Labute approximate surface area is 138 Å². The first-order valence-electron chi connectivity index (χ1n) is 7.43. The van der Waals surface area contributed by atoms with Crippen LogP contribution in [0.1, 0.15) is 24.8 Å². The molecule has 1 unspecified atom stereocenters. The van der Waals surface area contributed by atoms with Gasteiger partial charge in [-0.05, 0) is 43.5 Å². The summed E-state index contributed by atoms with van der Waals surface area (Å²) in [6, 6.07) is 5.99. The summed E-state index contributed by atoms with van der Waals surface area (Å²) in [4.78, 5) is 12.0. The fourth-order valence-corrected chi connectivity index (χ4v) is 2.54. The molecular weight excluding hydrogens is 304 g/mol. The highest BCUT2D eigenvalue weighted by Crippen LogP contribution is 2.23. The summed E-state index contributed by atoms with van der Waals surface area (Å²) in [6.07, 6.45) is 3.34. The summed E-state index contributed by atoms with van der Waals surface area (Å²) in [5.74, 6) is 1.60. The van der Waals surface area contributed by atoms with E-state index in [1.807, 2.05) is 18.2 Å². The zero-order valence-electron chi connectivity index (χ0n) is 13.2. The van der Waals surface area contributed by atoms with E-state index in [0.29, 0.717) is 12.8 Å². The van der Waals surface area contributed by atoms with Crippen molar-refractivity contribution in [2.75, 3.05) is 27.3 Å². The van der Waals surface area contributed by atoms with Gasteiger partial charge in [-0.3, -0.25) is 4.79 Å². The average Bonchev–Trinajstić information content (AvgIpc) is 2.53. The molecule has 1 saturated heterocycles. The van der Waals surface area contributed by atoms with Crippen molar-refractivity contribution in [2.45, 2.75) is 31.7 Å². The second-order valence-corrected chi connectivity index (χ2v) is 5.33. The monoisotopic (exact) mass is 328 g/mol. The molecule has 22 heavy (non-hydrogen) atoms. The molecule has 1 heterocycles. The molecule has 1 fully saturated rings. The molecule has 1 aliphatic heterocycles. The molecule has 0 saturated carbocycles. The Bertz CT molecular complexity index is 454. The Morgan fingerprint density at radius 3 is 2.50 bits per heavy atom. The molecule has 1 aromatic rings.